The van der Waals surface area contributed by atoms with Crippen LogP contribution in [0.2, 0.25) is 10.0 Å². The van der Waals surface area contributed by atoms with Crippen LogP contribution in [0.25, 0.3) is 10.8 Å². The lowest BCUT2D eigenvalue weighted by Gasteiger charge is -2.10. The van der Waals surface area contributed by atoms with Gasteiger partial charge in [-0.2, -0.15) is 0 Å². The Bertz CT molecular complexity index is 1090. The molecule has 1 aromatic carbocycles. The first-order valence-electron chi connectivity index (χ1n) is 8.90. The summed E-state index contributed by atoms with van der Waals surface area (Å²) in [6, 6.07) is 8.04. The SMILES string of the molecule is CC(OC(=O)CNC(=O)CNC(=O)c1ccc(Cl)cc1Cl)c1nnc(-c2cccs2)o1. The summed E-state index contributed by atoms with van der Waals surface area (Å²) in [4.78, 5) is 36.7. The van der Waals surface area contributed by atoms with Gasteiger partial charge in [-0.05, 0) is 36.6 Å². The fourth-order valence-corrected chi connectivity index (χ4v) is 3.49. The molecule has 0 aliphatic carbocycles. The second-order valence-electron chi connectivity index (χ2n) is 6.14. The molecule has 162 valence electrons. The number of thiophene rings is 1. The molecule has 1 atom stereocenters. The summed E-state index contributed by atoms with van der Waals surface area (Å²) in [5.74, 6) is -1.37. The van der Waals surface area contributed by atoms with Crippen molar-refractivity contribution < 1.29 is 23.5 Å². The zero-order valence-corrected chi connectivity index (χ0v) is 18.4. The maximum atomic E-state index is 12.1. The van der Waals surface area contributed by atoms with Crippen LogP contribution < -0.4 is 10.6 Å². The van der Waals surface area contributed by atoms with E-state index in [1.807, 2.05) is 17.5 Å². The highest BCUT2D eigenvalue weighted by molar-refractivity contribution is 7.13. The Balaban J connectivity index is 1.41. The van der Waals surface area contributed by atoms with Crippen LogP contribution in [0, 0.1) is 0 Å². The van der Waals surface area contributed by atoms with Crippen molar-refractivity contribution >= 4 is 52.3 Å². The number of nitrogens with zero attached hydrogens (tertiary/aromatic N) is 2. The molecule has 31 heavy (non-hydrogen) atoms. The zero-order chi connectivity index (χ0) is 22.4. The molecule has 2 heterocycles. The van der Waals surface area contributed by atoms with Gasteiger partial charge >= 0.3 is 5.97 Å². The van der Waals surface area contributed by atoms with E-state index < -0.39 is 30.4 Å². The van der Waals surface area contributed by atoms with E-state index >= 15 is 0 Å². The fraction of sp³-hybridized carbons (Fsp3) is 0.211. The largest absolute Gasteiger partial charge is 0.451 e. The molecule has 0 spiro atoms. The fourth-order valence-electron chi connectivity index (χ4n) is 2.35. The molecule has 12 heteroatoms. The quantitative estimate of drug-likeness (QED) is 0.472. The lowest BCUT2D eigenvalue weighted by atomic mass is 10.2. The van der Waals surface area contributed by atoms with E-state index in [0.29, 0.717) is 10.9 Å². The molecule has 2 amide bonds. The minimum atomic E-state index is -0.794. The first-order chi connectivity index (χ1) is 14.8. The number of halogens is 2. The summed E-state index contributed by atoms with van der Waals surface area (Å²) in [6.07, 6.45) is -0.794. The van der Waals surface area contributed by atoms with Crippen LogP contribution in [0.5, 0.6) is 0 Å². The summed E-state index contributed by atoms with van der Waals surface area (Å²) in [6.45, 7) is 0.822. The van der Waals surface area contributed by atoms with Crippen LogP contribution in [-0.4, -0.2) is 41.1 Å². The Labute approximate surface area is 190 Å². The van der Waals surface area contributed by atoms with Crippen molar-refractivity contribution in [2.75, 3.05) is 13.1 Å². The predicted octanol–water partition coefficient (Wildman–Crippen LogP) is 3.26. The minimum absolute atomic E-state index is 0.134. The predicted molar refractivity (Wildman–Crippen MR) is 114 cm³/mol. The number of hydrogen-bond donors (Lipinski definition) is 2. The number of carbonyl (C=O) groups is 3. The lowest BCUT2D eigenvalue weighted by molar-refractivity contribution is -0.149. The molecule has 0 aliphatic heterocycles. The second kappa shape index (κ2) is 10.4. The van der Waals surface area contributed by atoms with E-state index in [2.05, 4.69) is 20.8 Å². The Morgan fingerprint density at radius 1 is 1.16 bits per heavy atom. The van der Waals surface area contributed by atoms with Crippen molar-refractivity contribution in [3.63, 3.8) is 0 Å². The van der Waals surface area contributed by atoms with Gasteiger partial charge in [0, 0.05) is 5.02 Å². The van der Waals surface area contributed by atoms with Crippen LogP contribution in [0.3, 0.4) is 0 Å². The van der Waals surface area contributed by atoms with E-state index in [1.165, 1.54) is 29.5 Å². The number of esters is 1. The van der Waals surface area contributed by atoms with Gasteiger partial charge < -0.3 is 19.8 Å². The monoisotopic (exact) mass is 482 g/mol. The average molecular weight is 483 g/mol. The third-order valence-corrected chi connectivity index (χ3v) is 5.25. The molecule has 2 N–H and O–H groups in total. The van der Waals surface area contributed by atoms with Gasteiger partial charge in [-0.1, -0.05) is 29.3 Å². The van der Waals surface area contributed by atoms with Gasteiger partial charge in [-0.15, -0.1) is 21.5 Å². The summed E-state index contributed by atoms with van der Waals surface area (Å²) in [5, 5.41) is 15.0. The standard InChI is InChI=1S/C19H16Cl2N4O5S/c1-10(18-24-25-19(30-18)14-3-2-6-31-14)29-16(27)9-22-15(26)8-23-17(28)12-5-4-11(20)7-13(12)21/h2-7,10H,8-9H2,1H3,(H,22,26)(H,23,28). The van der Waals surface area contributed by atoms with Crippen LogP contribution in [0.15, 0.2) is 40.1 Å². The Morgan fingerprint density at radius 2 is 1.97 bits per heavy atom. The molecule has 0 saturated carbocycles. The normalized spacial score (nSPS) is 11.6. The van der Waals surface area contributed by atoms with Crippen molar-refractivity contribution in [2.45, 2.75) is 13.0 Å². The van der Waals surface area contributed by atoms with Gasteiger partial charge in [-0.3, -0.25) is 14.4 Å². The number of rotatable bonds is 8. The van der Waals surface area contributed by atoms with Crippen molar-refractivity contribution in [1.29, 1.82) is 0 Å². The van der Waals surface area contributed by atoms with E-state index in [-0.39, 0.29) is 23.0 Å². The molecule has 0 aliphatic rings. The topological polar surface area (TPSA) is 123 Å². The second-order valence-corrected chi connectivity index (χ2v) is 7.93. The Hall–Kier alpha value is -2.95. The average Bonchev–Trinajstić information content (AvgIpc) is 3.42. The maximum Gasteiger partial charge on any atom is 0.326 e. The summed E-state index contributed by atoms with van der Waals surface area (Å²) < 4.78 is 10.7. The minimum Gasteiger partial charge on any atom is -0.451 e. The number of nitrogens with one attached hydrogen (secondary N) is 2. The van der Waals surface area contributed by atoms with Gasteiger partial charge in [0.1, 0.15) is 6.54 Å². The molecule has 0 fully saturated rings. The number of amides is 2. The van der Waals surface area contributed by atoms with Crippen molar-refractivity contribution in [3.05, 3.63) is 57.2 Å². The maximum absolute atomic E-state index is 12.1. The number of ether oxygens (including phenoxy) is 1. The van der Waals surface area contributed by atoms with Crippen LogP contribution in [0.1, 0.15) is 29.3 Å². The Morgan fingerprint density at radius 3 is 2.68 bits per heavy atom. The van der Waals surface area contributed by atoms with Gasteiger partial charge in [0.2, 0.25) is 5.91 Å². The lowest BCUT2D eigenvalue weighted by Crippen LogP contribution is -2.39. The molecule has 2 aromatic heterocycles. The zero-order valence-electron chi connectivity index (χ0n) is 16.1. The molecule has 9 nitrogen and oxygen atoms in total. The Kier molecular flexibility index (Phi) is 7.61. The molecular weight excluding hydrogens is 467 g/mol. The molecule has 1 unspecified atom stereocenters. The first-order valence-corrected chi connectivity index (χ1v) is 10.5. The van der Waals surface area contributed by atoms with E-state index in [0.717, 1.165) is 4.88 Å². The summed E-state index contributed by atoms with van der Waals surface area (Å²) in [5.41, 5.74) is 0.175. The van der Waals surface area contributed by atoms with Crippen molar-refractivity contribution in [1.82, 2.24) is 20.8 Å². The van der Waals surface area contributed by atoms with Crippen LogP contribution >= 0.6 is 34.5 Å². The number of carbonyl (C=O) groups excluding carboxylic acids is 3. The van der Waals surface area contributed by atoms with E-state index in [1.54, 1.807) is 6.92 Å². The third kappa shape index (κ3) is 6.27. The molecule has 0 bridgehead atoms. The number of aromatic nitrogens is 2. The van der Waals surface area contributed by atoms with Gasteiger partial charge in [0.05, 0.1) is 22.0 Å². The smallest absolute Gasteiger partial charge is 0.326 e. The van der Waals surface area contributed by atoms with Gasteiger partial charge in [0.25, 0.3) is 17.7 Å². The third-order valence-electron chi connectivity index (χ3n) is 3.84. The van der Waals surface area contributed by atoms with Crippen LogP contribution in [0.4, 0.5) is 0 Å². The van der Waals surface area contributed by atoms with Crippen molar-refractivity contribution in [2.24, 2.45) is 0 Å². The number of hydrogen-bond acceptors (Lipinski definition) is 8. The molecule has 0 radical (unpaired) electrons. The molecule has 3 aromatic rings. The first kappa shape index (κ1) is 22.7. The van der Waals surface area contributed by atoms with Crippen molar-refractivity contribution in [3.8, 4) is 10.8 Å². The highest BCUT2D eigenvalue weighted by atomic mass is 35.5. The summed E-state index contributed by atoms with van der Waals surface area (Å²) in [7, 11) is 0. The molecular formula is C19H16Cl2N4O5S. The molecule has 3 rings (SSSR count). The summed E-state index contributed by atoms with van der Waals surface area (Å²) >= 11 is 13.2. The number of benzene rings is 1. The van der Waals surface area contributed by atoms with Gasteiger partial charge in [0.15, 0.2) is 6.10 Å². The van der Waals surface area contributed by atoms with Gasteiger partial charge in [-0.25, -0.2) is 0 Å². The van der Waals surface area contributed by atoms with Crippen LogP contribution in [-0.2, 0) is 14.3 Å². The van der Waals surface area contributed by atoms with E-state index in [9.17, 15) is 14.4 Å². The highest BCUT2D eigenvalue weighted by Crippen LogP contribution is 2.25. The van der Waals surface area contributed by atoms with E-state index in [4.69, 9.17) is 32.4 Å². The molecule has 0 saturated heterocycles. The highest BCUT2D eigenvalue weighted by Gasteiger charge is 2.20.